The van der Waals surface area contributed by atoms with E-state index < -0.39 is 0 Å². The van der Waals surface area contributed by atoms with Gasteiger partial charge in [-0.1, -0.05) is 30.8 Å². The van der Waals surface area contributed by atoms with Crippen molar-refractivity contribution in [1.82, 2.24) is 15.0 Å². The van der Waals surface area contributed by atoms with E-state index in [1.807, 2.05) is 0 Å². The maximum Gasteiger partial charge on any atom is 0.232 e. The fraction of sp³-hybridized carbons (Fsp3) is 0.800. The van der Waals surface area contributed by atoms with Crippen LogP contribution in [-0.4, -0.2) is 40.6 Å². The lowest BCUT2D eigenvalue weighted by Crippen LogP contribution is -2.36. The van der Waals surface area contributed by atoms with E-state index in [1.54, 1.807) is 7.11 Å². The molecule has 2 heterocycles. The predicted molar refractivity (Wildman–Crippen MR) is 75.6 cm³/mol. The first-order valence-electron chi connectivity index (χ1n) is 7.89. The van der Waals surface area contributed by atoms with E-state index in [2.05, 4.69) is 15.0 Å². The number of nitrogens with zero attached hydrogens (tertiary/aromatic N) is 3. The Hall–Kier alpha value is -1.43. The summed E-state index contributed by atoms with van der Waals surface area (Å²) in [6, 6.07) is 0.409. The number of carbonyl (C=O) groups excluding carboxylic acids is 1. The Morgan fingerprint density at radius 2 is 2.05 bits per heavy atom. The molecule has 1 aliphatic heterocycles. The zero-order valence-corrected chi connectivity index (χ0v) is 12.6. The number of rotatable bonds is 4. The standard InChI is InChI=1S/C15H23N3O3/c1-20-10-13-16-15(21-17-13)11-8-14(19)18(9-11)12-6-4-2-3-5-7-12/h11-12H,2-10H2,1H3. The number of ether oxygens (including phenoxy) is 1. The molecular formula is C15H23N3O3. The van der Waals surface area contributed by atoms with Gasteiger partial charge in [0.25, 0.3) is 0 Å². The normalized spacial score (nSPS) is 24.5. The van der Waals surface area contributed by atoms with E-state index in [9.17, 15) is 4.79 Å². The molecular weight excluding hydrogens is 270 g/mol. The van der Waals surface area contributed by atoms with Crippen molar-refractivity contribution in [3.63, 3.8) is 0 Å². The van der Waals surface area contributed by atoms with E-state index in [0.717, 1.165) is 19.4 Å². The molecule has 1 aromatic heterocycles. The summed E-state index contributed by atoms with van der Waals surface area (Å²) in [6.07, 6.45) is 7.83. The molecule has 0 aromatic carbocycles. The first-order valence-corrected chi connectivity index (χ1v) is 7.89. The topological polar surface area (TPSA) is 68.5 Å². The first kappa shape index (κ1) is 14.5. The minimum Gasteiger partial charge on any atom is -0.377 e. The van der Waals surface area contributed by atoms with E-state index in [4.69, 9.17) is 9.26 Å². The SMILES string of the molecule is COCc1noc(C2CC(=O)N(C3CCCCCC3)C2)n1. The number of aromatic nitrogens is 2. The lowest BCUT2D eigenvalue weighted by molar-refractivity contribution is -0.129. The van der Waals surface area contributed by atoms with Crippen LogP contribution in [0.15, 0.2) is 4.52 Å². The van der Waals surface area contributed by atoms with Crippen LogP contribution in [0.4, 0.5) is 0 Å². The van der Waals surface area contributed by atoms with Crippen LogP contribution in [0, 0.1) is 0 Å². The molecule has 1 amide bonds. The van der Waals surface area contributed by atoms with Crippen molar-refractivity contribution in [1.29, 1.82) is 0 Å². The molecule has 6 heteroatoms. The molecule has 116 valence electrons. The van der Waals surface area contributed by atoms with Gasteiger partial charge in [0.1, 0.15) is 6.61 Å². The predicted octanol–water partition coefficient (Wildman–Crippen LogP) is 2.25. The van der Waals surface area contributed by atoms with Crippen molar-refractivity contribution < 1.29 is 14.1 Å². The highest BCUT2D eigenvalue weighted by Crippen LogP contribution is 2.32. The van der Waals surface area contributed by atoms with Crippen LogP contribution < -0.4 is 0 Å². The summed E-state index contributed by atoms with van der Waals surface area (Å²) in [7, 11) is 1.60. The summed E-state index contributed by atoms with van der Waals surface area (Å²) in [5.74, 6) is 1.40. The second-order valence-electron chi connectivity index (χ2n) is 6.07. The average molecular weight is 293 g/mol. The van der Waals surface area contributed by atoms with E-state index in [0.29, 0.717) is 30.8 Å². The third-order valence-electron chi connectivity index (χ3n) is 4.53. The second kappa shape index (κ2) is 6.56. The average Bonchev–Trinajstić information content (AvgIpc) is 2.98. The Morgan fingerprint density at radius 1 is 1.29 bits per heavy atom. The van der Waals surface area contributed by atoms with E-state index >= 15 is 0 Å². The van der Waals surface area contributed by atoms with Gasteiger partial charge in [0.05, 0.1) is 5.92 Å². The second-order valence-corrected chi connectivity index (χ2v) is 6.07. The molecule has 3 rings (SSSR count). The highest BCUT2D eigenvalue weighted by atomic mass is 16.5. The third kappa shape index (κ3) is 3.26. The number of hydrogen-bond donors (Lipinski definition) is 0. The van der Waals surface area contributed by atoms with Crippen LogP contribution in [0.3, 0.4) is 0 Å². The molecule has 2 fully saturated rings. The smallest absolute Gasteiger partial charge is 0.232 e. The number of methoxy groups -OCH3 is 1. The third-order valence-corrected chi connectivity index (χ3v) is 4.53. The molecule has 1 atom stereocenters. The van der Waals surface area contributed by atoms with Crippen LogP contribution in [0.25, 0.3) is 0 Å². The van der Waals surface area contributed by atoms with Crippen molar-refractivity contribution in [2.45, 2.75) is 63.5 Å². The molecule has 0 bridgehead atoms. The molecule has 1 aliphatic carbocycles. The Kier molecular flexibility index (Phi) is 4.53. The summed E-state index contributed by atoms with van der Waals surface area (Å²) in [5, 5.41) is 3.89. The van der Waals surface area contributed by atoms with E-state index in [-0.39, 0.29) is 11.8 Å². The highest BCUT2D eigenvalue weighted by molar-refractivity contribution is 5.79. The number of likely N-dealkylation sites (tertiary alicyclic amines) is 1. The van der Waals surface area contributed by atoms with Gasteiger partial charge in [-0.2, -0.15) is 4.98 Å². The number of hydrogen-bond acceptors (Lipinski definition) is 5. The Labute approximate surface area is 124 Å². The molecule has 1 saturated carbocycles. The monoisotopic (exact) mass is 293 g/mol. The van der Waals surface area contributed by atoms with Crippen LogP contribution in [-0.2, 0) is 16.1 Å². The van der Waals surface area contributed by atoms with Crippen molar-refractivity contribution in [2.75, 3.05) is 13.7 Å². The zero-order chi connectivity index (χ0) is 14.7. The molecule has 0 radical (unpaired) electrons. The molecule has 0 spiro atoms. The Morgan fingerprint density at radius 3 is 2.76 bits per heavy atom. The van der Waals surface area contributed by atoms with Crippen LogP contribution in [0.5, 0.6) is 0 Å². The largest absolute Gasteiger partial charge is 0.377 e. The molecule has 2 aliphatic rings. The van der Waals surface area contributed by atoms with Crippen molar-refractivity contribution >= 4 is 5.91 Å². The molecule has 6 nitrogen and oxygen atoms in total. The van der Waals surface area contributed by atoms with Gasteiger partial charge in [-0.05, 0) is 12.8 Å². The number of carbonyl (C=O) groups is 1. The maximum atomic E-state index is 12.3. The van der Waals surface area contributed by atoms with Gasteiger partial charge >= 0.3 is 0 Å². The fourth-order valence-corrected chi connectivity index (χ4v) is 3.44. The van der Waals surface area contributed by atoms with Gasteiger partial charge in [0.2, 0.25) is 11.8 Å². The van der Waals surface area contributed by atoms with Gasteiger partial charge < -0.3 is 14.2 Å². The van der Waals surface area contributed by atoms with Crippen molar-refractivity contribution in [3.05, 3.63) is 11.7 Å². The lowest BCUT2D eigenvalue weighted by Gasteiger charge is -2.26. The van der Waals surface area contributed by atoms with Crippen LogP contribution in [0.1, 0.15) is 62.6 Å². The Bertz CT molecular complexity index is 480. The van der Waals surface area contributed by atoms with Crippen LogP contribution >= 0.6 is 0 Å². The van der Waals surface area contributed by atoms with Crippen molar-refractivity contribution in [2.24, 2.45) is 0 Å². The van der Waals surface area contributed by atoms with Gasteiger partial charge in [-0.15, -0.1) is 0 Å². The molecule has 1 saturated heterocycles. The summed E-state index contributed by atoms with van der Waals surface area (Å²) in [4.78, 5) is 18.7. The summed E-state index contributed by atoms with van der Waals surface area (Å²) in [6.45, 7) is 1.06. The van der Waals surface area contributed by atoms with Crippen LogP contribution in [0.2, 0.25) is 0 Å². The van der Waals surface area contributed by atoms with Gasteiger partial charge in [0, 0.05) is 26.1 Å². The molecule has 1 aromatic rings. The summed E-state index contributed by atoms with van der Waals surface area (Å²) >= 11 is 0. The van der Waals surface area contributed by atoms with Gasteiger partial charge in [0.15, 0.2) is 5.82 Å². The maximum absolute atomic E-state index is 12.3. The molecule has 1 unspecified atom stereocenters. The summed E-state index contributed by atoms with van der Waals surface area (Å²) in [5.41, 5.74) is 0. The number of amides is 1. The summed E-state index contributed by atoms with van der Waals surface area (Å²) < 4.78 is 10.3. The van der Waals surface area contributed by atoms with Gasteiger partial charge in [-0.25, -0.2) is 0 Å². The van der Waals surface area contributed by atoms with E-state index in [1.165, 1.54) is 25.7 Å². The minimum atomic E-state index is 0.0406. The lowest BCUT2D eigenvalue weighted by atomic mass is 10.1. The fourth-order valence-electron chi connectivity index (χ4n) is 3.44. The first-order chi connectivity index (χ1) is 10.3. The Balaban J connectivity index is 1.65. The molecule has 0 N–H and O–H groups in total. The molecule has 21 heavy (non-hydrogen) atoms. The minimum absolute atomic E-state index is 0.0406. The van der Waals surface area contributed by atoms with Crippen molar-refractivity contribution in [3.8, 4) is 0 Å². The highest BCUT2D eigenvalue weighted by Gasteiger charge is 2.37. The zero-order valence-electron chi connectivity index (χ0n) is 12.6. The van der Waals surface area contributed by atoms with Gasteiger partial charge in [-0.3, -0.25) is 4.79 Å². The quantitative estimate of drug-likeness (QED) is 0.796.